The van der Waals surface area contributed by atoms with Crippen LogP contribution in [0.4, 0.5) is 0 Å². The maximum Gasteiger partial charge on any atom is 0.148 e. The molecule has 0 spiro atoms. The van der Waals surface area contributed by atoms with Crippen molar-refractivity contribution in [2.75, 3.05) is 0 Å². The molecule has 0 aliphatic carbocycles. The predicted molar refractivity (Wildman–Crippen MR) is 77.1 cm³/mol. The number of hydrogen-bond acceptors (Lipinski definition) is 4. The van der Waals surface area contributed by atoms with E-state index in [4.69, 9.17) is 15.7 Å². The minimum Gasteiger partial charge on any atom is -0.482 e. The Bertz CT molecular complexity index is 560. The van der Waals surface area contributed by atoms with E-state index in [0.717, 1.165) is 11.3 Å². The van der Waals surface area contributed by atoms with Gasteiger partial charge in [0.1, 0.15) is 17.9 Å². The van der Waals surface area contributed by atoms with E-state index in [2.05, 4.69) is 6.07 Å². The first-order valence-corrected chi connectivity index (χ1v) is 7.09. The number of nitrogens with two attached hydrogens (primary N) is 1. The van der Waals surface area contributed by atoms with Gasteiger partial charge in [0, 0.05) is 10.9 Å². The van der Waals surface area contributed by atoms with Gasteiger partial charge in [0.25, 0.3) is 0 Å². The molecular weight excluding hydrogens is 256 g/mol. The topological polar surface area (TPSA) is 59.0 Å². The maximum absolute atomic E-state index is 9.10. The molecule has 1 aromatic carbocycles. The third-order valence-corrected chi connectivity index (χ3v) is 3.88. The molecule has 2 rings (SSSR count). The van der Waals surface area contributed by atoms with Gasteiger partial charge in [-0.1, -0.05) is 25.1 Å². The van der Waals surface area contributed by atoms with Gasteiger partial charge in [0.15, 0.2) is 0 Å². The Morgan fingerprint density at radius 3 is 2.74 bits per heavy atom. The quantitative estimate of drug-likeness (QED) is 0.906. The molecule has 19 heavy (non-hydrogen) atoms. The van der Waals surface area contributed by atoms with E-state index in [9.17, 15) is 0 Å². The van der Waals surface area contributed by atoms with E-state index in [-0.39, 0.29) is 12.1 Å². The van der Waals surface area contributed by atoms with Crippen LogP contribution >= 0.6 is 11.3 Å². The van der Waals surface area contributed by atoms with Crippen LogP contribution in [0.25, 0.3) is 0 Å². The number of ether oxygens (including phenoxy) is 1. The van der Waals surface area contributed by atoms with Crippen LogP contribution in [0.1, 0.15) is 29.9 Å². The highest BCUT2D eigenvalue weighted by molar-refractivity contribution is 7.10. The van der Waals surface area contributed by atoms with Gasteiger partial charge >= 0.3 is 0 Å². The van der Waals surface area contributed by atoms with Crippen molar-refractivity contribution in [1.29, 1.82) is 5.26 Å². The molecule has 0 fully saturated rings. The molecule has 0 saturated carbocycles. The SMILES string of the molecule is CCC(N)C(Oc1ccccc1C#N)c1cccs1. The van der Waals surface area contributed by atoms with Crippen LogP contribution in [0, 0.1) is 11.3 Å². The molecule has 1 aromatic heterocycles. The molecule has 0 bridgehead atoms. The Hall–Kier alpha value is -1.83. The lowest BCUT2D eigenvalue weighted by molar-refractivity contribution is 0.174. The lowest BCUT2D eigenvalue weighted by Crippen LogP contribution is -2.31. The molecule has 0 aliphatic heterocycles. The highest BCUT2D eigenvalue weighted by Gasteiger charge is 2.22. The zero-order valence-corrected chi connectivity index (χ0v) is 11.6. The Balaban J connectivity index is 2.29. The summed E-state index contributed by atoms with van der Waals surface area (Å²) >= 11 is 1.62. The highest BCUT2D eigenvalue weighted by atomic mass is 32.1. The molecule has 1 heterocycles. The zero-order chi connectivity index (χ0) is 13.7. The van der Waals surface area contributed by atoms with Crippen LogP contribution in [-0.2, 0) is 0 Å². The molecule has 2 aromatic rings. The van der Waals surface area contributed by atoms with Crippen molar-refractivity contribution < 1.29 is 4.74 Å². The van der Waals surface area contributed by atoms with Crippen molar-refractivity contribution in [2.24, 2.45) is 5.73 Å². The highest BCUT2D eigenvalue weighted by Crippen LogP contribution is 2.30. The first-order valence-electron chi connectivity index (χ1n) is 6.21. The summed E-state index contributed by atoms with van der Waals surface area (Å²) in [5.41, 5.74) is 6.68. The van der Waals surface area contributed by atoms with Gasteiger partial charge in [0.2, 0.25) is 0 Å². The Morgan fingerprint density at radius 2 is 2.11 bits per heavy atom. The fourth-order valence-corrected chi connectivity index (χ4v) is 2.65. The maximum atomic E-state index is 9.10. The lowest BCUT2D eigenvalue weighted by atomic mass is 10.1. The third-order valence-electron chi connectivity index (χ3n) is 2.95. The monoisotopic (exact) mass is 272 g/mol. The number of benzene rings is 1. The second-order valence-corrected chi connectivity index (χ2v) is 5.21. The molecule has 4 heteroatoms. The summed E-state index contributed by atoms with van der Waals surface area (Å²) < 4.78 is 6.00. The van der Waals surface area contributed by atoms with Gasteiger partial charge in [0.05, 0.1) is 5.56 Å². The van der Waals surface area contributed by atoms with Crippen molar-refractivity contribution in [1.82, 2.24) is 0 Å². The zero-order valence-electron chi connectivity index (χ0n) is 10.7. The summed E-state index contributed by atoms with van der Waals surface area (Å²) in [5.74, 6) is 0.590. The summed E-state index contributed by atoms with van der Waals surface area (Å²) in [6, 6.07) is 13.3. The Kier molecular flexibility index (Phi) is 4.56. The number of para-hydroxylation sites is 1. The number of rotatable bonds is 5. The fourth-order valence-electron chi connectivity index (χ4n) is 1.82. The average molecular weight is 272 g/mol. The van der Waals surface area contributed by atoms with Crippen molar-refractivity contribution in [3.8, 4) is 11.8 Å². The number of nitrogens with zero attached hydrogens (tertiary/aromatic N) is 1. The predicted octanol–water partition coefficient (Wildman–Crippen LogP) is 3.48. The summed E-state index contributed by atoms with van der Waals surface area (Å²) in [6.45, 7) is 2.03. The Morgan fingerprint density at radius 1 is 1.32 bits per heavy atom. The van der Waals surface area contributed by atoms with E-state index in [1.165, 1.54) is 0 Å². The van der Waals surface area contributed by atoms with Gasteiger partial charge in [-0.3, -0.25) is 0 Å². The van der Waals surface area contributed by atoms with Gasteiger partial charge in [-0.2, -0.15) is 5.26 Å². The van der Waals surface area contributed by atoms with Gasteiger partial charge in [-0.25, -0.2) is 0 Å². The van der Waals surface area contributed by atoms with E-state index >= 15 is 0 Å². The minimum absolute atomic E-state index is 0.0922. The van der Waals surface area contributed by atoms with Gasteiger partial charge < -0.3 is 10.5 Å². The molecule has 2 unspecified atom stereocenters. The third kappa shape index (κ3) is 3.14. The van der Waals surface area contributed by atoms with E-state index in [0.29, 0.717) is 11.3 Å². The van der Waals surface area contributed by atoms with Crippen molar-refractivity contribution in [3.05, 3.63) is 52.2 Å². The van der Waals surface area contributed by atoms with Gasteiger partial charge in [-0.15, -0.1) is 11.3 Å². The fraction of sp³-hybridized carbons (Fsp3) is 0.267. The number of nitriles is 1. The first-order chi connectivity index (χ1) is 9.26. The first kappa shape index (κ1) is 13.6. The van der Waals surface area contributed by atoms with E-state index < -0.39 is 0 Å². The minimum atomic E-state index is -0.209. The van der Waals surface area contributed by atoms with Crippen LogP contribution in [0.3, 0.4) is 0 Å². The van der Waals surface area contributed by atoms with Crippen molar-refractivity contribution >= 4 is 11.3 Å². The normalized spacial score (nSPS) is 13.5. The number of hydrogen-bond donors (Lipinski definition) is 1. The molecular formula is C15H16N2OS. The van der Waals surface area contributed by atoms with Crippen LogP contribution < -0.4 is 10.5 Å². The summed E-state index contributed by atoms with van der Waals surface area (Å²) in [4.78, 5) is 1.09. The van der Waals surface area contributed by atoms with Crippen LogP contribution in [0.5, 0.6) is 5.75 Å². The smallest absolute Gasteiger partial charge is 0.148 e. The Labute approximate surface area is 117 Å². The van der Waals surface area contributed by atoms with E-state index in [1.54, 1.807) is 17.4 Å². The number of thiophene rings is 1. The van der Waals surface area contributed by atoms with Crippen LogP contribution in [0.15, 0.2) is 41.8 Å². The molecule has 0 saturated heterocycles. The largest absolute Gasteiger partial charge is 0.482 e. The van der Waals surface area contributed by atoms with Crippen molar-refractivity contribution in [3.63, 3.8) is 0 Å². The average Bonchev–Trinajstić information content (AvgIpc) is 2.98. The molecule has 0 radical (unpaired) electrons. The molecule has 2 atom stereocenters. The molecule has 2 N–H and O–H groups in total. The molecule has 3 nitrogen and oxygen atoms in total. The van der Waals surface area contributed by atoms with Gasteiger partial charge in [-0.05, 0) is 30.0 Å². The molecule has 0 aliphatic rings. The lowest BCUT2D eigenvalue weighted by Gasteiger charge is -2.23. The second kappa shape index (κ2) is 6.37. The summed E-state index contributed by atoms with van der Waals surface area (Å²) in [7, 11) is 0. The van der Waals surface area contributed by atoms with Crippen LogP contribution in [0.2, 0.25) is 0 Å². The second-order valence-electron chi connectivity index (χ2n) is 4.23. The summed E-state index contributed by atoms with van der Waals surface area (Å²) in [6.07, 6.45) is 0.608. The molecule has 0 amide bonds. The van der Waals surface area contributed by atoms with Crippen molar-refractivity contribution in [2.45, 2.75) is 25.5 Å². The van der Waals surface area contributed by atoms with Crippen LogP contribution in [-0.4, -0.2) is 6.04 Å². The standard InChI is InChI=1S/C15H16N2OS/c1-2-12(17)15(14-8-5-9-19-14)18-13-7-4-3-6-11(13)10-16/h3-9,12,15H,2,17H2,1H3. The summed E-state index contributed by atoms with van der Waals surface area (Å²) in [5, 5.41) is 11.1. The van der Waals surface area contributed by atoms with E-state index in [1.807, 2.05) is 42.6 Å². The molecule has 98 valence electrons.